The van der Waals surface area contributed by atoms with Gasteiger partial charge in [-0.05, 0) is 29.7 Å². The number of hydrogen-bond acceptors (Lipinski definition) is 3. The van der Waals surface area contributed by atoms with E-state index < -0.39 is 11.8 Å². The molecule has 0 bridgehead atoms. The lowest BCUT2D eigenvalue weighted by Gasteiger charge is -1.99. The molecule has 0 heterocycles. The first-order valence-corrected chi connectivity index (χ1v) is 5.93. The molecular formula is C16H12O3. The van der Waals surface area contributed by atoms with Crippen LogP contribution in [0.4, 0.5) is 0 Å². The molecule has 0 aliphatic carbocycles. The van der Waals surface area contributed by atoms with Gasteiger partial charge in [0, 0.05) is 5.56 Å². The van der Waals surface area contributed by atoms with E-state index in [2.05, 4.69) is 16.6 Å². The molecule has 0 fully saturated rings. The summed E-state index contributed by atoms with van der Waals surface area (Å²) in [6, 6.07) is 13.4. The zero-order valence-corrected chi connectivity index (χ0v) is 10.5. The molecule has 0 aromatic heterocycles. The minimum absolute atomic E-state index is 0.167. The van der Waals surface area contributed by atoms with Gasteiger partial charge in [-0.15, -0.1) is 0 Å². The fraction of sp³-hybridized carbons (Fsp3) is 0.125. The van der Waals surface area contributed by atoms with Crippen LogP contribution in [0.15, 0.2) is 42.5 Å². The Morgan fingerprint density at radius 2 is 1.84 bits per heavy atom. The summed E-state index contributed by atoms with van der Waals surface area (Å²) in [5.74, 6) is 3.31. The highest BCUT2D eigenvalue weighted by Gasteiger charge is 2.10. The van der Waals surface area contributed by atoms with E-state index in [1.165, 1.54) is 0 Å². The molecule has 3 heteroatoms. The third-order valence-electron chi connectivity index (χ3n) is 2.56. The summed E-state index contributed by atoms with van der Waals surface area (Å²) in [6.45, 7) is 1.81. The van der Waals surface area contributed by atoms with E-state index in [0.717, 1.165) is 16.3 Å². The van der Waals surface area contributed by atoms with Crippen LogP contribution in [0.25, 0.3) is 10.8 Å². The number of carbonyl (C=O) groups excluding carboxylic acids is 2. The highest BCUT2D eigenvalue weighted by molar-refractivity contribution is 6.41. The lowest BCUT2D eigenvalue weighted by atomic mass is 10.1. The summed E-state index contributed by atoms with van der Waals surface area (Å²) in [5.41, 5.74) is 0.718. The van der Waals surface area contributed by atoms with Gasteiger partial charge in [0.05, 0.1) is 6.61 Å². The number of carbonyl (C=O) groups is 2. The monoisotopic (exact) mass is 252 g/mol. The molecule has 0 aliphatic heterocycles. The number of esters is 1. The van der Waals surface area contributed by atoms with Crippen LogP contribution in [0.1, 0.15) is 12.5 Å². The number of fused-ring (bicyclic) bond motifs is 1. The van der Waals surface area contributed by atoms with Gasteiger partial charge >= 0.3 is 11.8 Å². The van der Waals surface area contributed by atoms with E-state index in [1.807, 2.05) is 42.5 Å². The second kappa shape index (κ2) is 5.83. The van der Waals surface area contributed by atoms with Crippen LogP contribution in [0.2, 0.25) is 0 Å². The number of benzene rings is 2. The Hall–Kier alpha value is -2.60. The van der Waals surface area contributed by atoms with Gasteiger partial charge in [0.15, 0.2) is 0 Å². The van der Waals surface area contributed by atoms with Crippen molar-refractivity contribution in [2.24, 2.45) is 0 Å². The standard InChI is InChI=1S/C16H12O3/c1-2-19-16(18)15(17)11-10-13-8-5-7-12-6-3-4-9-14(12)13/h3-9H,2H2,1H3. The van der Waals surface area contributed by atoms with Crippen molar-refractivity contribution in [1.82, 2.24) is 0 Å². The number of rotatable bonds is 2. The summed E-state index contributed by atoms with van der Waals surface area (Å²) in [4.78, 5) is 22.5. The third-order valence-corrected chi connectivity index (χ3v) is 2.56. The van der Waals surface area contributed by atoms with Gasteiger partial charge in [-0.3, -0.25) is 4.79 Å². The summed E-state index contributed by atoms with van der Waals surface area (Å²) >= 11 is 0. The molecule has 2 aromatic rings. The fourth-order valence-electron chi connectivity index (χ4n) is 1.71. The number of ketones is 1. The molecule has 0 aliphatic rings. The van der Waals surface area contributed by atoms with Crippen molar-refractivity contribution in [2.45, 2.75) is 6.92 Å². The smallest absolute Gasteiger partial charge is 0.388 e. The Balaban J connectivity index is 2.32. The molecule has 19 heavy (non-hydrogen) atoms. The zero-order valence-electron chi connectivity index (χ0n) is 10.5. The van der Waals surface area contributed by atoms with Gasteiger partial charge in [-0.1, -0.05) is 42.3 Å². The van der Waals surface area contributed by atoms with Crippen LogP contribution in [0.3, 0.4) is 0 Å². The molecule has 94 valence electrons. The van der Waals surface area contributed by atoms with Gasteiger partial charge in [0.2, 0.25) is 0 Å². The van der Waals surface area contributed by atoms with Gasteiger partial charge in [-0.2, -0.15) is 0 Å². The predicted molar refractivity (Wildman–Crippen MR) is 72.5 cm³/mol. The van der Waals surface area contributed by atoms with Crippen LogP contribution >= 0.6 is 0 Å². The zero-order chi connectivity index (χ0) is 13.7. The minimum Gasteiger partial charge on any atom is -0.459 e. The van der Waals surface area contributed by atoms with Crippen molar-refractivity contribution in [2.75, 3.05) is 6.61 Å². The van der Waals surface area contributed by atoms with Gasteiger partial charge in [0.25, 0.3) is 0 Å². The number of ether oxygens (including phenoxy) is 1. The third kappa shape index (κ3) is 2.99. The SMILES string of the molecule is CCOC(=O)C(=O)C#Cc1cccc2ccccc12. The molecule has 0 N–H and O–H groups in total. The first-order chi connectivity index (χ1) is 9.22. The molecule has 2 aromatic carbocycles. The van der Waals surface area contributed by atoms with Crippen LogP contribution in [-0.2, 0) is 14.3 Å². The van der Waals surface area contributed by atoms with Gasteiger partial charge < -0.3 is 4.74 Å². The van der Waals surface area contributed by atoms with Crippen molar-refractivity contribution in [1.29, 1.82) is 0 Å². The Bertz CT molecular complexity index is 684. The lowest BCUT2D eigenvalue weighted by Crippen LogP contribution is -2.15. The Morgan fingerprint density at radius 1 is 1.11 bits per heavy atom. The summed E-state index contributed by atoms with van der Waals surface area (Å²) in [7, 11) is 0. The van der Waals surface area contributed by atoms with E-state index in [1.54, 1.807) is 6.92 Å². The lowest BCUT2D eigenvalue weighted by molar-refractivity contribution is -0.150. The highest BCUT2D eigenvalue weighted by Crippen LogP contribution is 2.17. The molecule has 2 rings (SSSR count). The normalized spacial score (nSPS) is 9.53. The van der Waals surface area contributed by atoms with E-state index in [0.29, 0.717) is 0 Å². The van der Waals surface area contributed by atoms with Crippen LogP contribution in [0.5, 0.6) is 0 Å². The molecule has 0 amide bonds. The van der Waals surface area contributed by atoms with Crippen LogP contribution in [-0.4, -0.2) is 18.4 Å². The van der Waals surface area contributed by atoms with Crippen molar-refractivity contribution in [3.8, 4) is 11.8 Å². The Morgan fingerprint density at radius 3 is 2.63 bits per heavy atom. The molecule has 0 spiro atoms. The topological polar surface area (TPSA) is 43.4 Å². The average Bonchev–Trinajstić information content (AvgIpc) is 2.45. The quantitative estimate of drug-likeness (QED) is 0.468. The number of hydrogen-bond donors (Lipinski definition) is 0. The first-order valence-electron chi connectivity index (χ1n) is 5.93. The van der Waals surface area contributed by atoms with E-state index in [4.69, 9.17) is 0 Å². The minimum atomic E-state index is -0.907. The van der Waals surface area contributed by atoms with Gasteiger partial charge in [-0.25, -0.2) is 4.79 Å². The second-order valence-corrected chi connectivity index (χ2v) is 3.83. The Labute approximate surface area is 111 Å². The average molecular weight is 252 g/mol. The van der Waals surface area contributed by atoms with E-state index >= 15 is 0 Å². The maximum Gasteiger partial charge on any atom is 0.388 e. The molecule has 0 radical (unpaired) electrons. The summed E-state index contributed by atoms with van der Waals surface area (Å²) in [5, 5.41) is 1.99. The van der Waals surface area contributed by atoms with Gasteiger partial charge in [0.1, 0.15) is 0 Å². The van der Waals surface area contributed by atoms with E-state index in [-0.39, 0.29) is 6.61 Å². The largest absolute Gasteiger partial charge is 0.459 e. The van der Waals surface area contributed by atoms with Crippen molar-refractivity contribution < 1.29 is 14.3 Å². The molecule has 0 atom stereocenters. The highest BCUT2D eigenvalue weighted by atomic mass is 16.5. The summed E-state index contributed by atoms with van der Waals surface area (Å²) < 4.78 is 4.59. The molecule has 0 unspecified atom stereocenters. The maximum atomic E-state index is 11.4. The molecule has 0 saturated heterocycles. The maximum absolute atomic E-state index is 11.4. The fourth-order valence-corrected chi connectivity index (χ4v) is 1.71. The Kier molecular flexibility index (Phi) is 3.94. The van der Waals surface area contributed by atoms with Crippen LogP contribution < -0.4 is 0 Å². The van der Waals surface area contributed by atoms with Crippen LogP contribution in [0, 0.1) is 11.8 Å². The first kappa shape index (κ1) is 12.8. The number of Topliss-reactive ketones (excluding diaryl/α,β-unsaturated/α-hetero) is 1. The summed E-state index contributed by atoms with van der Waals surface area (Å²) in [6.07, 6.45) is 0. The van der Waals surface area contributed by atoms with E-state index in [9.17, 15) is 9.59 Å². The second-order valence-electron chi connectivity index (χ2n) is 3.83. The molecule has 3 nitrogen and oxygen atoms in total. The van der Waals surface area contributed by atoms with Crippen molar-refractivity contribution >= 4 is 22.5 Å². The van der Waals surface area contributed by atoms with Crippen molar-refractivity contribution in [3.05, 3.63) is 48.0 Å². The predicted octanol–water partition coefficient (Wildman–Crippen LogP) is 2.32. The molecule has 0 saturated carbocycles. The van der Waals surface area contributed by atoms with Crippen molar-refractivity contribution in [3.63, 3.8) is 0 Å². The molecular weight excluding hydrogens is 240 g/mol.